The standard InChI is InChI=1S/2C12H21NO2.2CH4/c2*1-11(2,3)8-7-9(14)13(10(8)15)12(4,5)6;;/h2*8H,7H2,1-6H3;2*1H4. The molecule has 6 heteroatoms. The number of amides is 4. The highest BCUT2D eigenvalue weighted by Crippen LogP contribution is 2.39. The summed E-state index contributed by atoms with van der Waals surface area (Å²) in [7, 11) is 0. The molecule has 2 unspecified atom stereocenters. The van der Waals surface area contributed by atoms with Crippen molar-refractivity contribution in [2.75, 3.05) is 0 Å². The molecule has 2 aliphatic heterocycles. The van der Waals surface area contributed by atoms with Gasteiger partial charge in [0.2, 0.25) is 23.6 Å². The molecule has 2 fully saturated rings. The summed E-state index contributed by atoms with van der Waals surface area (Å²) in [5.41, 5.74) is -1.05. The van der Waals surface area contributed by atoms with Gasteiger partial charge >= 0.3 is 0 Å². The predicted molar refractivity (Wildman–Crippen MR) is 132 cm³/mol. The first-order valence-corrected chi connectivity index (χ1v) is 10.8. The van der Waals surface area contributed by atoms with Crippen molar-refractivity contribution in [3.63, 3.8) is 0 Å². The van der Waals surface area contributed by atoms with Gasteiger partial charge in [0.15, 0.2) is 0 Å². The van der Waals surface area contributed by atoms with Crippen molar-refractivity contribution in [2.24, 2.45) is 22.7 Å². The Kier molecular flexibility index (Phi) is 10.2. The van der Waals surface area contributed by atoms with Gasteiger partial charge in [-0.2, -0.15) is 0 Å². The summed E-state index contributed by atoms with van der Waals surface area (Å²) in [6, 6.07) is 0. The van der Waals surface area contributed by atoms with Gasteiger partial charge in [0.1, 0.15) is 0 Å². The van der Waals surface area contributed by atoms with Crippen LogP contribution in [-0.4, -0.2) is 44.5 Å². The second kappa shape index (κ2) is 10.0. The van der Waals surface area contributed by atoms with Crippen LogP contribution in [0.1, 0.15) is 111 Å². The minimum atomic E-state index is -0.395. The van der Waals surface area contributed by atoms with Crippen LogP contribution in [0, 0.1) is 22.7 Å². The average molecular weight is 455 g/mol. The molecule has 0 aromatic heterocycles. The number of hydrogen-bond acceptors (Lipinski definition) is 4. The molecule has 0 saturated carbocycles. The summed E-state index contributed by atoms with van der Waals surface area (Å²) in [6.45, 7) is 23.4. The van der Waals surface area contributed by atoms with Crippen LogP contribution in [0.2, 0.25) is 0 Å². The topological polar surface area (TPSA) is 74.8 Å². The third-order valence-corrected chi connectivity index (χ3v) is 5.73. The molecular weight excluding hydrogens is 404 g/mol. The molecule has 2 heterocycles. The van der Waals surface area contributed by atoms with Crippen molar-refractivity contribution >= 4 is 23.6 Å². The quantitative estimate of drug-likeness (QED) is 0.441. The van der Waals surface area contributed by atoms with Crippen LogP contribution in [0.3, 0.4) is 0 Å². The van der Waals surface area contributed by atoms with Crippen molar-refractivity contribution in [2.45, 2.75) is 122 Å². The maximum Gasteiger partial charge on any atom is 0.233 e. The number of carbonyl (C=O) groups excluding carboxylic acids is 4. The third-order valence-electron chi connectivity index (χ3n) is 5.73. The molecule has 0 radical (unpaired) electrons. The molecule has 2 rings (SSSR count). The van der Waals surface area contributed by atoms with E-state index < -0.39 is 11.1 Å². The second-order valence-electron chi connectivity index (χ2n) is 12.7. The summed E-state index contributed by atoms with van der Waals surface area (Å²) < 4.78 is 0. The van der Waals surface area contributed by atoms with Crippen LogP contribution in [0.5, 0.6) is 0 Å². The molecular formula is C26H50N2O4. The summed E-state index contributed by atoms with van der Waals surface area (Å²) in [5.74, 6) is -0.423. The lowest BCUT2D eigenvalue weighted by Crippen LogP contribution is -2.46. The van der Waals surface area contributed by atoms with E-state index in [0.29, 0.717) is 12.8 Å². The molecule has 6 nitrogen and oxygen atoms in total. The summed E-state index contributed by atoms with van der Waals surface area (Å²) in [6.07, 6.45) is 0.721. The molecule has 0 aliphatic carbocycles. The van der Waals surface area contributed by atoms with E-state index in [1.54, 1.807) is 0 Å². The minimum absolute atomic E-state index is 0. The summed E-state index contributed by atoms with van der Waals surface area (Å²) in [5, 5.41) is 0. The SMILES string of the molecule is C.C.CC(C)(C)C1CC(=O)N(C(C)(C)C)C1=O.CC(C)(C)C1CC(=O)N(C(C)(C)C)C1=O. The van der Waals surface area contributed by atoms with Gasteiger partial charge in [0, 0.05) is 23.9 Å². The van der Waals surface area contributed by atoms with Crippen molar-refractivity contribution in [3.05, 3.63) is 0 Å². The molecule has 0 spiro atoms. The first kappa shape index (κ1) is 32.5. The van der Waals surface area contributed by atoms with Crippen molar-refractivity contribution in [3.8, 4) is 0 Å². The number of carbonyl (C=O) groups is 4. The largest absolute Gasteiger partial charge is 0.277 e. The Morgan fingerprint density at radius 1 is 0.531 bits per heavy atom. The smallest absolute Gasteiger partial charge is 0.233 e. The number of likely N-dealkylation sites (tertiary alicyclic amines) is 2. The zero-order valence-corrected chi connectivity index (χ0v) is 21.1. The van der Waals surface area contributed by atoms with Crippen LogP contribution >= 0.6 is 0 Å². The van der Waals surface area contributed by atoms with Crippen LogP contribution in [0.25, 0.3) is 0 Å². The number of rotatable bonds is 0. The minimum Gasteiger partial charge on any atom is -0.277 e. The summed E-state index contributed by atoms with van der Waals surface area (Å²) >= 11 is 0. The Hall–Kier alpha value is -1.72. The fourth-order valence-electron chi connectivity index (χ4n) is 4.03. The molecule has 2 aliphatic rings. The van der Waals surface area contributed by atoms with Gasteiger partial charge in [-0.15, -0.1) is 0 Å². The number of imide groups is 2. The fourth-order valence-corrected chi connectivity index (χ4v) is 4.03. The Labute approximate surface area is 197 Å². The Bertz CT molecular complexity index is 650. The number of nitrogens with zero attached hydrogens (tertiary/aromatic N) is 2. The van der Waals surface area contributed by atoms with E-state index in [4.69, 9.17) is 0 Å². The predicted octanol–water partition coefficient (Wildman–Crippen LogP) is 5.68. The van der Waals surface area contributed by atoms with Gasteiger partial charge in [-0.25, -0.2) is 0 Å². The molecule has 2 atom stereocenters. The first-order chi connectivity index (χ1) is 13.1. The molecule has 2 saturated heterocycles. The maximum atomic E-state index is 12.1. The lowest BCUT2D eigenvalue weighted by molar-refractivity contribution is -0.147. The third kappa shape index (κ3) is 7.14. The van der Waals surface area contributed by atoms with Crippen molar-refractivity contribution < 1.29 is 19.2 Å². The zero-order valence-electron chi connectivity index (χ0n) is 21.1. The number of hydrogen-bond donors (Lipinski definition) is 0. The first-order valence-electron chi connectivity index (χ1n) is 10.8. The van der Waals surface area contributed by atoms with E-state index in [2.05, 4.69) is 0 Å². The second-order valence-corrected chi connectivity index (χ2v) is 12.7. The van der Waals surface area contributed by atoms with E-state index in [1.165, 1.54) is 9.80 Å². The molecule has 0 N–H and O–H groups in total. The maximum absolute atomic E-state index is 12.1. The van der Waals surface area contributed by atoms with Gasteiger partial charge in [-0.05, 0) is 52.4 Å². The lowest BCUT2D eigenvalue weighted by Gasteiger charge is -2.32. The van der Waals surface area contributed by atoms with Gasteiger partial charge in [-0.3, -0.25) is 29.0 Å². The molecule has 0 bridgehead atoms. The van der Waals surface area contributed by atoms with Crippen molar-refractivity contribution in [1.29, 1.82) is 0 Å². The van der Waals surface area contributed by atoms with E-state index in [9.17, 15) is 19.2 Å². The average Bonchev–Trinajstić information content (AvgIpc) is 2.93. The normalized spacial score (nSPS) is 22.4. The van der Waals surface area contributed by atoms with Crippen LogP contribution in [0.15, 0.2) is 0 Å². The van der Waals surface area contributed by atoms with Crippen LogP contribution in [0.4, 0.5) is 0 Å². The zero-order chi connectivity index (χ0) is 24.0. The van der Waals surface area contributed by atoms with E-state index in [1.807, 2.05) is 83.1 Å². The Balaban J connectivity index is 0. The molecule has 0 aromatic rings. The van der Waals surface area contributed by atoms with Gasteiger partial charge in [0.05, 0.1) is 11.8 Å². The Morgan fingerprint density at radius 3 is 0.844 bits per heavy atom. The fraction of sp³-hybridized carbons (Fsp3) is 0.846. The molecule has 188 valence electrons. The molecule has 32 heavy (non-hydrogen) atoms. The van der Waals surface area contributed by atoms with E-state index >= 15 is 0 Å². The highest BCUT2D eigenvalue weighted by Gasteiger charge is 2.49. The molecule has 4 amide bonds. The van der Waals surface area contributed by atoms with Crippen molar-refractivity contribution in [1.82, 2.24) is 9.80 Å². The van der Waals surface area contributed by atoms with Gasteiger partial charge < -0.3 is 0 Å². The molecule has 0 aromatic carbocycles. The van der Waals surface area contributed by atoms with Gasteiger partial charge in [-0.1, -0.05) is 56.4 Å². The highest BCUT2D eigenvalue weighted by atomic mass is 16.2. The van der Waals surface area contributed by atoms with Crippen LogP contribution < -0.4 is 0 Å². The Morgan fingerprint density at radius 2 is 0.750 bits per heavy atom. The highest BCUT2D eigenvalue weighted by molar-refractivity contribution is 6.05. The van der Waals surface area contributed by atoms with E-state index in [-0.39, 0.29) is 61.1 Å². The van der Waals surface area contributed by atoms with Crippen LogP contribution in [-0.2, 0) is 19.2 Å². The monoisotopic (exact) mass is 454 g/mol. The summed E-state index contributed by atoms with van der Waals surface area (Å²) in [4.78, 5) is 50.7. The van der Waals surface area contributed by atoms with Gasteiger partial charge in [0.25, 0.3) is 0 Å². The van der Waals surface area contributed by atoms with E-state index in [0.717, 1.165) is 0 Å². The lowest BCUT2D eigenvalue weighted by atomic mass is 9.80.